The van der Waals surface area contributed by atoms with Crippen molar-refractivity contribution in [2.75, 3.05) is 6.54 Å². The van der Waals surface area contributed by atoms with Crippen molar-refractivity contribution in [2.45, 2.75) is 32.4 Å². The molecule has 1 atom stereocenters. The molecule has 1 aromatic carbocycles. The Morgan fingerprint density at radius 3 is 2.77 bits per heavy atom. The second-order valence-electron chi connectivity index (χ2n) is 7.03. The van der Waals surface area contributed by atoms with Gasteiger partial charge < -0.3 is 10.6 Å². The SMILES string of the molecule is Cc1nc(-c2ccccc2)sc1-c1ccc(=O)n(CCNC(=O)C2CCC(=O)N2)n1. The molecule has 3 aromatic rings. The number of benzene rings is 1. The fourth-order valence-corrected chi connectivity index (χ4v) is 4.32. The van der Waals surface area contributed by atoms with Gasteiger partial charge in [-0.1, -0.05) is 30.3 Å². The number of aromatic nitrogens is 3. The Bertz CT molecular complexity index is 1140. The number of carbonyl (C=O) groups is 2. The van der Waals surface area contributed by atoms with Crippen LogP contribution in [0.4, 0.5) is 0 Å². The predicted octanol–water partition coefficient (Wildman–Crippen LogP) is 1.74. The van der Waals surface area contributed by atoms with Crippen LogP contribution in [0.2, 0.25) is 0 Å². The first-order chi connectivity index (χ1) is 14.5. The second kappa shape index (κ2) is 8.58. The van der Waals surface area contributed by atoms with Gasteiger partial charge in [0.1, 0.15) is 16.7 Å². The van der Waals surface area contributed by atoms with Crippen LogP contribution in [0.5, 0.6) is 0 Å². The fraction of sp³-hybridized carbons (Fsp3) is 0.286. The summed E-state index contributed by atoms with van der Waals surface area (Å²) in [6.45, 7) is 2.41. The van der Waals surface area contributed by atoms with Crippen molar-refractivity contribution in [3.05, 3.63) is 58.5 Å². The van der Waals surface area contributed by atoms with Crippen LogP contribution in [0, 0.1) is 6.92 Å². The molecule has 1 saturated heterocycles. The van der Waals surface area contributed by atoms with Crippen molar-refractivity contribution in [3.8, 4) is 21.1 Å². The first-order valence-electron chi connectivity index (χ1n) is 9.70. The predicted molar refractivity (Wildman–Crippen MR) is 114 cm³/mol. The zero-order chi connectivity index (χ0) is 21.1. The number of carbonyl (C=O) groups excluding carboxylic acids is 2. The molecule has 2 N–H and O–H groups in total. The summed E-state index contributed by atoms with van der Waals surface area (Å²) in [7, 11) is 0. The van der Waals surface area contributed by atoms with Gasteiger partial charge in [0.25, 0.3) is 5.56 Å². The average molecular weight is 423 g/mol. The topological polar surface area (TPSA) is 106 Å². The van der Waals surface area contributed by atoms with Crippen LogP contribution in [0.1, 0.15) is 18.5 Å². The highest BCUT2D eigenvalue weighted by atomic mass is 32.1. The van der Waals surface area contributed by atoms with E-state index in [1.165, 1.54) is 22.1 Å². The molecule has 0 aliphatic carbocycles. The quantitative estimate of drug-likeness (QED) is 0.628. The van der Waals surface area contributed by atoms with E-state index in [4.69, 9.17) is 0 Å². The Kier molecular flexibility index (Phi) is 5.71. The Morgan fingerprint density at radius 1 is 1.23 bits per heavy atom. The van der Waals surface area contributed by atoms with Crippen LogP contribution in [0.15, 0.2) is 47.3 Å². The summed E-state index contributed by atoms with van der Waals surface area (Å²) in [5.74, 6) is -0.355. The molecule has 154 valence electrons. The van der Waals surface area contributed by atoms with E-state index in [1.807, 2.05) is 37.3 Å². The van der Waals surface area contributed by atoms with Gasteiger partial charge in [-0.25, -0.2) is 9.67 Å². The molecule has 2 amide bonds. The van der Waals surface area contributed by atoms with Gasteiger partial charge in [0.15, 0.2) is 0 Å². The second-order valence-corrected chi connectivity index (χ2v) is 8.03. The molecule has 8 nitrogen and oxygen atoms in total. The Hall–Kier alpha value is -3.33. The van der Waals surface area contributed by atoms with Crippen LogP contribution in [0.25, 0.3) is 21.1 Å². The van der Waals surface area contributed by atoms with Gasteiger partial charge in [-0.3, -0.25) is 14.4 Å². The van der Waals surface area contributed by atoms with E-state index < -0.39 is 6.04 Å². The highest BCUT2D eigenvalue weighted by Gasteiger charge is 2.26. The van der Waals surface area contributed by atoms with E-state index in [2.05, 4.69) is 20.7 Å². The Morgan fingerprint density at radius 2 is 2.03 bits per heavy atom. The minimum absolute atomic E-state index is 0.115. The molecule has 4 rings (SSSR count). The third-order valence-electron chi connectivity index (χ3n) is 4.85. The average Bonchev–Trinajstić information content (AvgIpc) is 3.36. The fourth-order valence-electron chi connectivity index (χ4n) is 3.29. The van der Waals surface area contributed by atoms with Crippen LogP contribution in [-0.4, -0.2) is 39.2 Å². The minimum atomic E-state index is -0.496. The number of hydrogen-bond donors (Lipinski definition) is 2. The van der Waals surface area contributed by atoms with Crippen LogP contribution < -0.4 is 16.2 Å². The number of thiazole rings is 1. The lowest BCUT2D eigenvalue weighted by atomic mass is 10.2. The molecule has 0 spiro atoms. The van der Waals surface area contributed by atoms with Gasteiger partial charge in [0, 0.05) is 24.6 Å². The smallest absolute Gasteiger partial charge is 0.266 e. The number of aryl methyl sites for hydroxylation is 1. The Labute approximate surface area is 177 Å². The van der Waals surface area contributed by atoms with E-state index in [1.54, 1.807) is 6.07 Å². The van der Waals surface area contributed by atoms with Gasteiger partial charge in [-0.2, -0.15) is 5.10 Å². The van der Waals surface area contributed by atoms with E-state index in [-0.39, 0.29) is 30.5 Å². The van der Waals surface area contributed by atoms with Crippen molar-refractivity contribution >= 4 is 23.2 Å². The van der Waals surface area contributed by atoms with Gasteiger partial charge in [0.05, 0.1) is 17.1 Å². The number of hydrogen-bond acceptors (Lipinski definition) is 6. The van der Waals surface area contributed by atoms with E-state index in [0.717, 1.165) is 21.1 Å². The third kappa shape index (κ3) is 4.30. The number of rotatable bonds is 6. The Balaban J connectivity index is 1.47. The zero-order valence-corrected chi connectivity index (χ0v) is 17.2. The lowest BCUT2D eigenvalue weighted by Gasteiger charge is -2.11. The molecule has 3 heterocycles. The van der Waals surface area contributed by atoms with Crippen LogP contribution in [-0.2, 0) is 16.1 Å². The van der Waals surface area contributed by atoms with Crippen LogP contribution in [0.3, 0.4) is 0 Å². The normalized spacial score (nSPS) is 15.8. The summed E-state index contributed by atoms with van der Waals surface area (Å²) in [4.78, 5) is 41.1. The molecule has 30 heavy (non-hydrogen) atoms. The van der Waals surface area contributed by atoms with Gasteiger partial charge in [-0.15, -0.1) is 11.3 Å². The van der Waals surface area contributed by atoms with Gasteiger partial charge in [-0.05, 0) is 19.4 Å². The molecule has 0 radical (unpaired) electrons. The summed E-state index contributed by atoms with van der Waals surface area (Å²) in [5, 5.41) is 10.7. The molecule has 0 bridgehead atoms. The molecular weight excluding hydrogens is 402 g/mol. The highest BCUT2D eigenvalue weighted by molar-refractivity contribution is 7.18. The first kappa shape index (κ1) is 20.0. The minimum Gasteiger partial charge on any atom is -0.352 e. The van der Waals surface area contributed by atoms with E-state index in [9.17, 15) is 14.4 Å². The van der Waals surface area contributed by atoms with Crippen molar-refractivity contribution in [2.24, 2.45) is 0 Å². The third-order valence-corrected chi connectivity index (χ3v) is 6.08. The summed E-state index contributed by atoms with van der Waals surface area (Å²) in [5.41, 5.74) is 2.31. The standard InChI is InChI=1S/C21H21N5O3S/c1-13-19(30-21(23-13)14-5-3-2-4-6-14)15-8-10-18(28)26(25-15)12-11-22-20(29)16-7-9-17(27)24-16/h2-6,8,10,16H,7,9,11-12H2,1H3,(H,22,29)(H,24,27). The molecule has 9 heteroatoms. The molecule has 1 fully saturated rings. The van der Waals surface area contributed by atoms with Crippen LogP contribution >= 0.6 is 11.3 Å². The maximum atomic E-state index is 12.2. The van der Waals surface area contributed by atoms with Crippen molar-refractivity contribution in [3.63, 3.8) is 0 Å². The van der Waals surface area contributed by atoms with Crippen molar-refractivity contribution in [1.29, 1.82) is 0 Å². The van der Waals surface area contributed by atoms with E-state index in [0.29, 0.717) is 18.5 Å². The molecule has 1 aliphatic heterocycles. The summed E-state index contributed by atoms with van der Waals surface area (Å²) < 4.78 is 1.34. The number of amides is 2. The van der Waals surface area contributed by atoms with Gasteiger partial charge >= 0.3 is 0 Å². The van der Waals surface area contributed by atoms with Crippen molar-refractivity contribution in [1.82, 2.24) is 25.4 Å². The van der Waals surface area contributed by atoms with Crippen molar-refractivity contribution < 1.29 is 9.59 Å². The first-order valence-corrected chi connectivity index (χ1v) is 10.5. The van der Waals surface area contributed by atoms with E-state index >= 15 is 0 Å². The van der Waals surface area contributed by atoms with Gasteiger partial charge in [0.2, 0.25) is 11.8 Å². The monoisotopic (exact) mass is 423 g/mol. The summed E-state index contributed by atoms with van der Waals surface area (Å²) in [6, 6.07) is 12.6. The lowest BCUT2D eigenvalue weighted by molar-refractivity contribution is -0.125. The molecular formula is C21H21N5O3S. The number of nitrogens with one attached hydrogen (secondary N) is 2. The molecule has 1 unspecified atom stereocenters. The zero-order valence-electron chi connectivity index (χ0n) is 16.4. The number of nitrogens with zero attached hydrogens (tertiary/aromatic N) is 3. The molecule has 0 saturated carbocycles. The lowest BCUT2D eigenvalue weighted by Crippen LogP contribution is -2.43. The molecule has 1 aliphatic rings. The molecule has 2 aromatic heterocycles. The summed E-state index contributed by atoms with van der Waals surface area (Å²) in [6.07, 6.45) is 0.854. The summed E-state index contributed by atoms with van der Waals surface area (Å²) >= 11 is 1.53. The maximum Gasteiger partial charge on any atom is 0.266 e. The maximum absolute atomic E-state index is 12.2. The largest absolute Gasteiger partial charge is 0.352 e. The highest BCUT2D eigenvalue weighted by Crippen LogP contribution is 2.33.